The maximum absolute atomic E-state index is 12.3. The first kappa shape index (κ1) is 16.4. The number of alkyl halides is 1. The molecule has 1 N–H and O–H groups in total. The van der Waals surface area contributed by atoms with Gasteiger partial charge in [-0.2, -0.15) is 0 Å². The highest BCUT2D eigenvalue weighted by molar-refractivity contribution is 7.92. The quantitative estimate of drug-likeness (QED) is 0.790. The van der Waals surface area contributed by atoms with Crippen LogP contribution in [0.15, 0.2) is 47.4 Å². The van der Waals surface area contributed by atoms with Crippen molar-refractivity contribution in [3.8, 4) is 0 Å². The minimum absolute atomic E-state index is 0.0184. The van der Waals surface area contributed by atoms with Gasteiger partial charge in [-0.25, -0.2) is 8.42 Å². The molecule has 21 heavy (non-hydrogen) atoms. The highest BCUT2D eigenvalue weighted by Crippen LogP contribution is 2.24. The van der Waals surface area contributed by atoms with E-state index in [1.54, 1.807) is 12.1 Å². The van der Waals surface area contributed by atoms with Gasteiger partial charge >= 0.3 is 0 Å². The molecule has 0 fully saturated rings. The zero-order valence-electron chi connectivity index (χ0n) is 10.8. The van der Waals surface area contributed by atoms with Gasteiger partial charge < -0.3 is 0 Å². The normalized spacial score (nSPS) is 11.4. The summed E-state index contributed by atoms with van der Waals surface area (Å²) in [6.45, 7) is 0. The van der Waals surface area contributed by atoms with Crippen molar-refractivity contribution < 1.29 is 8.42 Å². The molecule has 2 aromatic carbocycles. The zero-order valence-corrected chi connectivity index (χ0v) is 13.9. The number of sulfonamides is 1. The van der Waals surface area contributed by atoms with Crippen LogP contribution in [0.2, 0.25) is 10.0 Å². The van der Waals surface area contributed by atoms with Crippen LogP contribution in [0.4, 0.5) is 5.69 Å². The predicted molar refractivity (Wildman–Crippen MR) is 88.1 cm³/mol. The summed E-state index contributed by atoms with van der Waals surface area (Å²) in [6.07, 6.45) is 0.735. The summed E-state index contributed by atoms with van der Waals surface area (Å²) in [5, 5.41) is 0.528. The summed E-state index contributed by atoms with van der Waals surface area (Å²) in [5.74, 6) is 0.520. The molecule has 0 heterocycles. The fourth-order valence-electron chi connectivity index (χ4n) is 1.75. The van der Waals surface area contributed by atoms with E-state index in [4.69, 9.17) is 34.8 Å². The lowest BCUT2D eigenvalue weighted by atomic mass is 10.2. The molecule has 3 nitrogen and oxygen atoms in total. The van der Waals surface area contributed by atoms with Crippen molar-refractivity contribution in [2.75, 3.05) is 10.6 Å². The third-order valence-corrected chi connectivity index (χ3v) is 4.72. The Morgan fingerprint density at radius 3 is 2.05 bits per heavy atom. The molecular weight excluding hydrogens is 353 g/mol. The first-order valence-electron chi connectivity index (χ1n) is 6.04. The van der Waals surface area contributed by atoms with Crippen LogP contribution < -0.4 is 4.72 Å². The number of rotatable bonds is 5. The van der Waals surface area contributed by atoms with E-state index in [0.29, 0.717) is 11.6 Å². The van der Waals surface area contributed by atoms with Crippen LogP contribution in [0.5, 0.6) is 0 Å². The molecule has 2 aromatic rings. The molecule has 0 aliphatic heterocycles. The largest absolute Gasteiger partial charge is 0.280 e. The van der Waals surface area contributed by atoms with Gasteiger partial charge in [0.25, 0.3) is 10.0 Å². The maximum atomic E-state index is 12.3. The SMILES string of the molecule is O=S(=O)(Nc1ccc(CCCl)cc1)c1cc(Cl)cc(Cl)c1. The minimum atomic E-state index is -3.73. The van der Waals surface area contributed by atoms with Crippen molar-refractivity contribution in [3.63, 3.8) is 0 Å². The lowest BCUT2D eigenvalue weighted by Gasteiger charge is -2.09. The van der Waals surface area contributed by atoms with Gasteiger partial charge in [-0.05, 0) is 42.3 Å². The molecule has 0 amide bonds. The van der Waals surface area contributed by atoms with Crippen LogP contribution in [0.1, 0.15) is 5.56 Å². The van der Waals surface area contributed by atoms with Gasteiger partial charge in [-0.1, -0.05) is 35.3 Å². The topological polar surface area (TPSA) is 46.2 Å². The van der Waals surface area contributed by atoms with E-state index in [2.05, 4.69) is 4.72 Å². The first-order valence-corrected chi connectivity index (χ1v) is 8.82. The molecule has 112 valence electrons. The third kappa shape index (κ3) is 4.51. The molecule has 0 radical (unpaired) electrons. The maximum Gasteiger partial charge on any atom is 0.261 e. The van der Waals surface area contributed by atoms with Gasteiger partial charge in [0.05, 0.1) is 4.90 Å². The number of benzene rings is 2. The summed E-state index contributed by atoms with van der Waals surface area (Å²) >= 11 is 17.3. The molecule has 2 rings (SSSR count). The third-order valence-electron chi connectivity index (χ3n) is 2.74. The smallest absolute Gasteiger partial charge is 0.261 e. The summed E-state index contributed by atoms with van der Waals surface area (Å²) < 4.78 is 27.0. The Morgan fingerprint density at radius 2 is 1.52 bits per heavy atom. The van der Waals surface area contributed by atoms with Gasteiger partial charge in [0, 0.05) is 21.6 Å². The minimum Gasteiger partial charge on any atom is -0.280 e. The van der Waals surface area contributed by atoms with E-state index in [0.717, 1.165) is 12.0 Å². The molecule has 0 aliphatic carbocycles. The van der Waals surface area contributed by atoms with E-state index in [-0.39, 0.29) is 14.9 Å². The second-order valence-corrected chi connectivity index (χ2v) is 7.28. The average molecular weight is 365 g/mol. The second kappa shape index (κ2) is 6.88. The first-order chi connectivity index (χ1) is 9.90. The van der Waals surface area contributed by atoms with Crippen molar-refractivity contribution in [2.45, 2.75) is 11.3 Å². The van der Waals surface area contributed by atoms with Crippen molar-refractivity contribution in [3.05, 3.63) is 58.1 Å². The summed E-state index contributed by atoms with van der Waals surface area (Å²) in [4.78, 5) is 0.0184. The molecule has 0 saturated carbocycles. The molecule has 0 atom stereocenters. The zero-order chi connectivity index (χ0) is 15.5. The van der Waals surface area contributed by atoms with Crippen LogP contribution in [-0.4, -0.2) is 14.3 Å². The van der Waals surface area contributed by atoms with E-state index in [1.165, 1.54) is 18.2 Å². The van der Waals surface area contributed by atoms with Gasteiger partial charge in [0.1, 0.15) is 0 Å². The summed E-state index contributed by atoms with van der Waals surface area (Å²) in [7, 11) is -3.73. The van der Waals surface area contributed by atoms with E-state index >= 15 is 0 Å². The van der Waals surface area contributed by atoms with E-state index in [1.807, 2.05) is 12.1 Å². The van der Waals surface area contributed by atoms with Crippen LogP contribution in [-0.2, 0) is 16.4 Å². The molecule has 0 saturated heterocycles. The van der Waals surface area contributed by atoms with Gasteiger partial charge in [-0.3, -0.25) is 4.72 Å². The highest BCUT2D eigenvalue weighted by Gasteiger charge is 2.15. The second-order valence-electron chi connectivity index (χ2n) is 4.35. The number of hydrogen-bond acceptors (Lipinski definition) is 2. The number of nitrogens with one attached hydrogen (secondary N) is 1. The molecular formula is C14H12Cl3NO2S. The standard InChI is InChI=1S/C14H12Cl3NO2S/c15-6-5-10-1-3-13(4-2-10)18-21(19,20)14-8-11(16)7-12(17)9-14/h1-4,7-9,18H,5-6H2. The number of aryl methyl sites for hydroxylation is 1. The van der Waals surface area contributed by atoms with Crippen molar-refractivity contribution in [2.24, 2.45) is 0 Å². The summed E-state index contributed by atoms with van der Waals surface area (Å²) in [5.41, 5.74) is 1.50. The van der Waals surface area contributed by atoms with Crippen LogP contribution in [0.25, 0.3) is 0 Å². The number of hydrogen-bond donors (Lipinski definition) is 1. The Morgan fingerprint density at radius 1 is 0.952 bits per heavy atom. The fraction of sp³-hybridized carbons (Fsp3) is 0.143. The highest BCUT2D eigenvalue weighted by atomic mass is 35.5. The van der Waals surface area contributed by atoms with Gasteiger partial charge in [-0.15, -0.1) is 11.6 Å². The van der Waals surface area contributed by atoms with E-state index < -0.39 is 10.0 Å². The van der Waals surface area contributed by atoms with E-state index in [9.17, 15) is 8.42 Å². The fourth-order valence-corrected chi connectivity index (χ4v) is 3.75. The van der Waals surface area contributed by atoms with Crippen LogP contribution >= 0.6 is 34.8 Å². The molecule has 0 spiro atoms. The van der Waals surface area contributed by atoms with Crippen molar-refractivity contribution in [1.82, 2.24) is 0 Å². The Hall–Kier alpha value is -0.940. The van der Waals surface area contributed by atoms with Gasteiger partial charge in [0.15, 0.2) is 0 Å². The molecule has 0 aromatic heterocycles. The van der Waals surface area contributed by atoms with Crippen LogP contribution in [0.3, 0.4) is 0 Å². The Bertz CT molecular complexity index is 710. The number of halogens is 3. The molecule has 0 aliphatic rings. The Kier molecular flexibility index (Phi) is 5.38. The Labute approximate surface area is 138 Å². The van der Waals surface area contributed by atoms with Crippen molar-refractivity contribution >= 4 is 50.5 Å². The monoisotopic (exact) mass is 363 g/mol. The lowest BCUT2D eigenvalue weighted by molar-refractivity contribution is 0.601. The van der Waals surface area contributed by atoms with Crippen LogP contribution in [0, 0.1) is 0 Å². The van der Waals surface area contributed by atoms with Gasteiger partial charge in [0.2, 0.25) is 0 Å². The Balaban J connectivity index is 2.24. The van der Waals surface area contributed by atoms with Crippen molar-refractivity contribution in [1.29, 1.82) is 0 Å². The summed E-state index contributed by atoms with van der Waals surface area (Å²) in [6, 6.07) is 11.2. The lowest BCUT2D eigenvalue weighted by Crippen LogP contribution is -2.13. The average Bonchev–Trinajstić information content (AvgIpc) is 2.40. The molecule has 0 unspecified atom stereocenters. The number of anilines is 1. The molecule has 0 bridgehead atoms. The predicted octanol–water partition coefficient (Wildman–Crippen LogP) is 4.58. The molecule has 7 heteroatoms.